The molecule has 0 aliphatic carbocycles. The average Bonchev–Trinajstić information content (AvgIpc) is 2.84. The molecule has 0 atom stereocenters. The summed E-state index contributed by atoms with van der Waals surface area (Å²) in [7, 11) is 1.41. The number of nitrogens with one attached hydrogen (secondary N) is 1. The Hall–Kier alpha value is -2.08. The lowest BCUT2D eigenvalue weighted by atomic mass is 10.1. The summed E-state index contributed by atoms with van der Waals surface area (Å²) in [5, 5.41) is 12.7. The molecule has 0 fully saturated rings. The number of rotatable bonds is 4. The fourth-order valence-electron chi connectivity index (χ4n) is 1.71. The summed E-state index contributed by atoms with van der Waals surface area (Å²) in [6.07, 6.45) is -1.09. The molecule has 6 heteroatoms. The van der Waals surface area contributed by atoms with Crippen LogP contribution in [0.1, 0.15) is 5.56 Å². The van der Waals surface area contributed by atoms with Gasteiger partial charge in [-0.05, 0) is 40.8 Å². The van der Waals surface area contributed by atoms with Crippen LogP contribution in [0.3, 0.4) is 0 Å². The Kier molecular flexibility index (Phi) is 4.01. The van der Waals surface area contributed by atoms with Crippen LogP contribution in [0.25, 0.3) is 10.4 Å². The van der Waals surface area contributed by atoms with E-state index >= 15 is 0 Å². The molecule has 0 aliphatic rings. The molecule has 4 nitrogen and oxygen atoms in total. The number of amides is 1. The predicted molar refractivity (Wildman–Crippen MR) is 71.1 cm³/mol. The first-order valence-corrected chi connectivity index (χ1v) is 6.37. The minimum absolute atomic E-state index is 0.186. The standard InChI is InChI=1S/C13H12FNO3S/c1-18-11-3-2-8(6-10(11)14)12-9(4-5-19-12)7-15-13(16)17/h2-6,15H,7H2,1H3,(H,16,17). The Labute approximate surface area is 113 Å². The van der Waals surface area contributed by atoms with Crippen LogP contribution in [0.4, 0.5) is 9.18 Å². The van der Waals surface area contributed by atoms with E-state index in [9.17, 15) is 9.18 Å². The molecule has 2 aromatic rings. The molecule has 1 aromatic carbocycles. The summed E-state index contributed by atoms with van der Waals surface area (Å²) in [4.78, 5) is 11.3. The van der Waals surface area contributed by atoms with Crippen molar-refractivity contribution in [1.29, 1.82) is 0 Å². The topological polar surface area (TPSA) is 58.6 Å². The van der Waals surface area contributed by atoms with Gasteiger partial charge in [-0.3, -0.25) is 0 Å². The lowest BCUT2D eigenvalue weighted by Crippen LogP contribution is -2.19. The van der Waals surface area contributed by atoms with E-state index in [2.05, 4.69) is 5.32 Å². The van der Waals surface area contributed by atoms with E-state index in [1.807, 2.05) is 11.4 Å². The molecular weight excluding hydrogens is 269 g/mol. The van der Waals surface area contributed by atoms with Crippen molar-refractivity contribution in [2.45, 2.75) is 6.54 Å². The van der Waals surface area contributed by atoms with Gasteiger partial charge in [-0.2, -0.15) is 0 Å². The molecule has 0 saturated carbocycles. The molecule has 1 aromatic heterocycles. The number of carboxylic acid groups (broad SMARTS) is 1. The highest BCUT2D eigenvalue weighted by Gasteiger charge is 2.11. The molecule has 0 saturated heterocycles. The van der Waals surface area contributed by atoms with Gasteiger partial charge >= 0.3 is 6.09 Å². The summed E-state index contributed by atoms with van der Waals surface area (Å²) in [5.74, 6) is -0.254. The van der Waals surface area contributed by atoms with E-state index in [-0.39, 0.29) is 12.3 Å². The quantitative estimate of drug-likeness (QED) is 0.903. The molecule has 0 bridgehead atoms. The van der Waals surface area contributed by atoms with Crippen LogP contribution >= 0.6 is 11.3 Å². The maximum atomic E-state index is 13.7. The van der Waals surface area contributed by atoms with Crippen LogP contribution in [0.5, 0.6) is 5.75 Å². The van der Waals surface area contributed by atoms with Gasteiger partial charge in [0.1, 0.15) is 0 Å². The zero-order chi connectivity index (χ0) is 13.8. The third-order valence-corrected chi connectivity index (χ3v) is 3.60. The van der Waals surface area contributed by atoms with Crippen molar-refractivity contribution >= 4 is 17.4 Å². The van der Waals surface area contributed by atoms with E-state index in [4.69, 9.17) is 9.84 Å². The molecule has 1 heterocycles. The Morgan fingerprint density at radius 2 is 2.26 bits per heavy atom. The molecule has 2 N–H and O–H groups in total. The molecule has 2 rings (SSSR count). The molecule has 0 radical (unpaired) electrons. The van der Waals surface area contributed by atoms with Gasteiger partial charge in [0.25, 0.3) is 0 Å². The fraction of sp³-hybridized carbons (Fsp3) is 0.154. The molecule has 19 heavy (non-hydrogen) atoms. The van der Waals surface area contributed by atoms with Crippen molar-refractivity contribution in [2.75, 3.05) is 7.11 Å². The molecule has 0 aliphatic heterocycles. The van der Waals surface area contributed by atoms with Gasteiger partial charge < -0.3 is 15.2 Å². The van der Waals surface area contributed by atoms with Crippen LogP contribution < -0.4 is 10.1 Å². The third kappa shape index (κ3) is 3.03. The van der Waals surface area contributed by atoms with Crippen LogP contribution in [0.2, 0.25) is 0 Å². The lowest BCUT2D eigenvalue weighted by molar-refractivity contribution is 0.194. The van der Waals surface area contributed by atoms with E-state index in [1.165, 1.54) is 24.5 Å². The van der Waals surface area contributed by atoms with E-state index in [1.54, 1.807) is 12.1 Å². The molecule has 1 amide bonds. The van der Waals surface area contributed by atoms with E-state index in [0.717, 1.165) is 10.4 Å². The van der Waals surface area contributed by atoms with Gasteiger partial charge in [0.15, 0.2) is 11.6 Å². The highest BCUT2D eigenvalue weighted by molar-refractivity contribution is 7.13. The van der Waals surface area contributed by atoms with Crippen molar-refractivity contribution in [3.63, 3.8) is 0 Å². The van der Waals surface area contributed by atoms with Crippen molar-refractivity contribution in [3.8, 4) is 16.2 Å². The highest BCUT2D eigenvalue weighted by atomic mass is 32.1. The Morgan fingerprint density at radius 1 is 1.47 bits per heavy atom. The Bertz CT molecular complexity index is 597. The number of hydrogen-bond acceptors (Lipinski definition) is 3. The maximum absolute atomic E-state index is 13.7. The van der Waals surface area contributed by atoms with Gasteiger partial charge in [0.05, 0.1) is 7.11 Å². The summed E-state index contributed by atoms with van der Waals surface area (Å²) < 4.78 is 18.5. The first-order chi connectivity index (χ1) is 9.11. The number of benzene rings is 1. The first-order valence-electron chi connectivity index (χ1n) is 5.49. The fourth-order valence-corrected chi connectivity index (χ4v) is 2.63. The van der Waals surface area contributed by atoms with Crippen LogP contribution in [0.15, 0.2) is 29.6 Å². The summed E-state index contributed by atoms with van der Waals surface area (Å²) in [6, 6.07) is 6.50. The minimum atomic E-state index is -1.09. The number of hydrogen-bond donors (Lipinski definition) is 2. The lowest BCUT2D eigenvalue weighted by Gasteiger charge is -2.06. The molecular formula is C13H12FNO3S. The van der Waals surface area contributed by atoms with Gasteiger partial charge in [0, 0.05) is 11.4 Å². The summed E-state index contributed by atoms with van der Waals surface area (Å²) in [6.45, 7) is 0.196. The zero-order valence-corrected chi connectivity index (χ0v) is 11.0. The van der Waals surface area contributed by atoms with Gasteiger partial charge in [-0.1, -0.05) is 0 Å². The average molecular weight is 281 g/mol. The molecule has 0 spiro atoms. The number of halogens is 1. The highest BCUT2D eigenvalue weighted by Crippen LogP contribution is 2.32. The summed E-state index contributed by atoms with van der Waals surface area (Å²) in [5.41, 5.74) is 1.52. The second-order valence-corrected chi connectivity index (χ2v) is 4.70. The van der Waals surface area contributed by atoms with Crippen LogP contribution in [-0.2, 0) is 6.54 Å². The van der Waals surface area contributed by atoms with E-state index < -0.39 is 11.9 Å². The van der Waals surface area contributed by atoms with Gasteiger partial charge in [0.2, 0.25) is 0 Å². The molecule has 100 valence electrons. The number of carbonyl (C=O) groups is 1. The van der Waals surface area contributed by atoms with E-state index in [0.29, 0.717) is 5.56 Å². The maximum Gasteiger partial charge on any atom is 0.404 e. The second kappa shape index (κ2) is 5.71. The van der Waals surface area contributed by atoms with Crippen molar-refractivity contribution in [3.05, 3.63) is 41.0 Å². The number of ether oxygens (including phenoxy) is 1. The van der Waals surface area contributed by atoms with Crippen molar-refractivity contribution < 1.29 is 19.0 Å². The van der Waals surface area contributed by atoms with Gasteiger partial charge in [-0.25, -0.2) is 9.18 Å². The largest absolute Gasteiger partial charge is 0.494 e. The third-order valence-electron chi connectivity index (χ3n) is 2.59. The predicted octanol–water partition coefficient (Wildman–Crippen LogP) is 3.33. The van der Waals surface area contributed by atoms with Crippen molar-refractivity contribution in [1.82, 2.24) is 5.32 Å². The monoisotopic (exact) mass is 281 g/mol. The number of thiophene rings is 1. The molecule has 0 unspecified atom stereocenters. The summed E-state index contributed by atoms with van der Waals surface area (Å²) >= 11 is 1.44. The van der Waals surface area contributed by atoms with Crippen LogP contribution in [-0.4, -0.2) is 18.3 Å². The van der Waals surface area contributed by atoms with Crippen molar-refractivity contribution in [2.24, 2.45) is 0 Å². The van der Waals surface area contributed by atoms with Gasteiger partial charge in [-0.15, -0.1) is 11.3 Å². The van der Waals surface area contributed by atoms with Crippen LogP contribution in [0, 0.1) is 5.82 Å². The Morgan fingerprint density at radius 3 is 2.89 bits per heavy atom. The minimum Gasteiger partial charge on any atom is -0.494 e. The normalized spacial score (nSPS) is 10.2. The number of methoxy groups -OCH3 is 1. The SMILES string of the molecule is COc1ccc(-c2sccc2CNC(=O)O)cc1F. The smallest absolute Gasteiger partial charge is 0.404 e. The second-order valence-electron chi connectivity index (χ2n) is 3.78. The first kappa shape index (κ1) is 13.4. The Balaban J connectivity index is 2.29. The zero-order valence-electron chi connectivity index (χ0n) is 10.1.